The van der Waals surface area contributed by atoms with E-state index in [-0.39, 0.29) is 17.1 Å². The third kappa shape index (κ3) is 11.2. The molecule has 0 amide bonds. The molecule has 53 heavy (non-hydrogen) atoms. The average molecular weight is 826 g/mol. The molecule has 4 aromatic carbocycles. The van der Waals surface area contributed by atoms with Crippen LogP contribution >= 0.6 is 15.8 Å². The van der Waals surface area contributed by atoms with E-state index in [4.69, 9.17) is 0 Å². The van der Waals surface area contributed by atoms with E-state index in [1.54, 1.807) is 25.7 Å². The summed E-state index contributed by atoms with van der Waals surface area (Å²) in [6.07, 6.45) is -3.29. The molecule has 0 nitrogen and oxygen atoms in total. The minimum atomic E-state index is -4.43. The zero-order valence-electron chi connectivity index (χ0n) is 26.6. The molecule has 0 atom stereocenters. The van der Waals surface area contributed by atoms with Crippen LogP contribution < -0.4 is 21.2 Å². The van der Waals surface area contributed by atoms with Crippen molar-refractivity contribution in [1.82, 2.24) is 0 Å². The summed E-state index contributed by atoms with van der Waals surface area (Å²) in [4.78, 5) is 0. The second-order valence-corrected chi connectivity index (χ2v) is 15.6. The predicted molar refractivity (Wildman–Crippen MR) is 179 cm³/mol. The van der Waals surface area contributed by atoms with Crippen LogP contribution in [0, 0.1) is 62.7 Å². The summed E-state index contributed by atoms with van der Waals surface area (Å²) in [5.41, 5.74) is -1.31. The molecule has 0 heterocycles. The summed E-state index contributed by atoms with van der Waals surface area (Å²) in [7, 11) is -2.48. The molecule has 0 aromatic heterocycles. The van der Waals surface area contributed by atoms with E-state index in [1.165, 1.54) is 48.5 Å². The predicted octanol–water partition coefficient (Wildman–Crippen LogP) is 11.0. The van der Waals surface area contributed by atoms with Gasteiger partial charge in [-0.3, -0.25) is 0 Å². The summed E-state index contributed by atoms with van der Waals surface area (Å²) in [5.74, 6) is 0. The van der Waals surface area contributed by atoms with Gasteiger partial charge in [-0.15, -0.1) is 0 Å². The van der Waals surface area contributed by atoms with Crippen LogP contribution in [0.1, 0.15) is 22.3 Å². The molecule has 276 valence electrons. The van der Waals surface area contributed by atoms with Crippen molar-refractivity contribution in [1.29, 1.82) is 0 Å². The van der Waals surface area contributed by atoms with Gasteiger partial charge in [0.2, 0.25) is 0 Å². The molecule has 0 unspecified atom stereocenters. The van der Waals surface area contributed by atoms with Crippen molar-refractivity contribution in [3.05, 3.63) is 182 Å². The van der Waals surface area contributed by atoms with Gasteiger partial charge in [-0.05, 0) is 137 Å². The van der Waals surface area contributed by atoms with Crippen LogP contribution in [0.4, 0.5) is 52.7 Å². The molecule has 4 aromatic rings. The van der Waals surface area contributed by atoms with E-state index in [1.807, 2.05) is 25.7 Å². The SMILES string of the molecule is FC(F)(F)c1ccc(P([C]2[CH][CH][CH][CH]2)c2ccc(C(F)(F)F)cc2)cc1.FC(F)(F)c1ccc(P([C]2[CH][CH][CH][CH]2)c2ccc(C(F)(F)F)cc2)cc1.[Fe+2]. The van der Waals surface area contributed by atoms with Gasteiger partial charge in [0.1, 0.15) is 0 Å². The van der Waals surface area contributed by atoms with Crippen molar-refractivity contribution in [3.63, 3.8) is 0 Å². The third-order valence-corrected chi connectivity index (χ3v) is 12.5. The fourth-order valence-electron chi connectivity index (χ4n) is 5.12. The number of hydrogen-bond acceptors (Lipinski definition) is 0. The Morgan fingerprint density at radius 3 is 0.604 bits per heavy atom. The number of alkyl halides is 12. The average Bonchev–Trinajstić information content (AvgIpc) is 3.81. The second kappa shape index (κ2) is 17.5. The van der Waals surface area contributed by atoms with E-state index in [0.29, 0.717) is 21.2 Å². The Bertz CT molecular complexity index is 1470. The molecule has 2 fully saturated rings. The minimum absolute atomic E-state index is 0. The van der Waals surface area contributed by atoms with Crippen molar-refractivity contribution < 1.29 is 69.8 Å². The van der Waals surface area contributed by atoms with Gasteiger partial charge in [0.15, 0.2) is 0 Å². The number of rotatable bonds is 6. The van der Waals surface area contributed by atoms with Crippen molar-refractivity contribution in [2.75, 3.05) is 0 Å². The van der Waals surface area contributed by atoms with Crippen LogP contribution in [0.3, 0.4) is 0 Å². The Hall–Kier alpha value is -2.58. The molecule has 10 radical (unpaired) electrons. The Balaban J connectivity index is 0.000000232. The molecule has 0 spiro atoms. The summed E-state index contributed by atoms with van der Waals surface area (Å²) in [6, 6.07) is 19.1. The summed E-state index contributed by atoms with van der Waals surface area (Å²) in [5, 5.41) is 2.55. The van der Waals surface area contributed by atoms with Gasteiger partial charge in [0.05, 0.1) is 22.3 Å². The number of benzene rings is 4. The van der Waals surface area contributed by atoms with Crippen molar-refractivity contribution >= 4 is 37.1 Å². The van der Waals surface area contributed by atoms with E-state index >= 15 is 0 Å². The fraction of sp³-hybridized carbons (Fsp3) is 0.105. The van der Waals surface area contributed by atoms with Gasteiger partial charge < -0.3 is 0 Å². The second-order valence-electron chi connectivity index (χ2n) is 11.1. The van der Waals surface area contributed by atoms with Crippen LogP contribution in [-0.4, -0.2) is 0 Å². The number of hydrogen-bond donors (Lipinski definition) is 0. The fourth-order valence-corrected chi connectivity index (χ4v) is 9.64. The maximum atomic E-state index is 12.8. The van der Waals surface area contributed by atoms with Crippen molar-refractivity contribution in [3.8, 4) is 0 Å². The quantitative estimate of drug-likeness (QED) is 0.103. The molecular weight excluding hydrogens is 802 g/mol. The van der Waals surface area contributed by atoms with Crippen LogP contribution in [0.2, 0.25) is 0 Å². The zero-order valence-corrected chi connectivity index (χ0v) is 29.5. The van der Waals surface area contributed by atoms with E-state index < -0.39 is 62.8 Å². The number of halogens is 12. The van der Waals surface area contributed by atoms with E-state index in [2.05, 4.69) is 0 Å². The summed E-state index contributed by atoms with van der Waals surface area (Å²) in [6.45, 7) is 0. The van der Waals surface area contributed by atoms with Gasteiger partial charge >= 0.3 is 41.8 Å². The maximum absolute atomic E-state index is 12.8. The molecule has 2 aliphatic carbocycles. The Morgan fingerprint density at radius 2 is 0.453 bits per heavy atom. The van der Waals surface area contributed by atoms with Crippen LogP contribution in [-0.2, 0) is 41.8 Å². The van der Waals surface area contributed by atoms with Gasteiger partial charge in [0, 0.05) is 11.3 Å². The van der Waals surface area contributed by atoms with Gasteiger partial charge in [-0.1, -0.05) is 48.5 Å². The first kappa shape index (κ1) is 43.2. The third-order valence-electron chi connectivity index (χ3n) is 7.62. The minimum Gasteiger partial charge on any atom is -0.166 e. The monoisotopic (exact) mass is 826 g/mol. The molecule has 0 aliphatic heterocycles. The normalized spacial score (nSPS) is 16.1. The molecular formula is C38H24F12FeP2+2. The molecule has 0 bridgehead atoms. The largest absolute Gasteiger partial charge is 2.00 e. The molecule has 0 saturated heterocycles. The first-order valence-corrected chi connectivity index (χ1v) is 17.7. The van der Waals surface area contributed by atoms with Gasteiger partial charge in [-0.2, -0.15) is 52.7 Å². The Morgan fingerprint density at radius 1 is 0.283 bits per heavy atom. The van der Waals surface area contributed by atoms with Crippen molar-refractivity contribution in [2.24, 2.45) is 0 Å². The molecule has 0 N–H and O–H groups in total. The van der Waals surface area contributed by atoms with Gasteiger partial charge in [-0.25, -0.2) is 0 Å². The van der Waals surface area contributed by atoms with Crippen LogP contribution in [0.5, 0.6) is 0 Å². The first-order chi connectivity index (χ1) is 24.3. The molecule has 2 saturated carbocycles. The van der Waals surface area contributed by atoms with Crippen molar-refractivity contribution in [2.45, 2.75) is 24.7 Å². The molecule has 6 rings (SSSR count). The molecule has 15 heteroatoms. The Kier molecular flexibility index (Phi) is 14.2. The topological polar surface area (TPSA) is 0 Å². The van der Waals surface area contributed by atoms with E-state index in [0.717, 1.165) is 59.8 Å². The first-order valence-electron chi connectivity index (χ1n) is 15.0. The molecule has 2 aliphatic rings. The van der Waals surface area contributed by atoms with Gasteiger partial charge in [0.25, 0.3) is 0 Å². The summed E-state index contributed by atoms with van der Waals surface area (Å²) >= 11 is 0. The summed E-state index contributed by atoms with van der Waals surface area (Å²) < 4.78 is 153. The maximum Gasteiger partial charge on any atom is 2.00 e. The zero-order chi connectivity index (χ0) is 37.9. The van der Waals surface area contributed by atoms with Crippen LogP contribution in [0.25, 0.3) is 0 Å². The standard InChI is InChI=1S/2C19H12F6P.Fe/c2*20-18(21,22)13-5-9-16(10-6-13)26(15-3-1-2-4-15)17-11-7-14(8-12-17)19(23,24)25;/h2*1-12H;/q;;+2. The Labute approximate surface area is 312 Å². The van der Waals surface area contributed by atoms with Crippen LogP contribution in [0.15, 0.2) is 97.1 Å². The van der Waals surface area contributed by atoms with E-state index in [9.17, 15) is 52.7 Å². The smallest absolute Gasteiger partial charge is 0.166 e.